The van der Waals surface area contributed by atoms with Crippen molar-refractivity contribution in [2.24, 2.45) is 0 Å². The zero-order chi connectivity index (χ0) is 22.0. The van der Waals surface area contributed by atoms with Gasteiger partial charge >= 0.3 is 5.97 Å². The molecule has 0 saturated heterocycles. The summed E-state index contributed by atoms with van der Waals surface area (Å²) in [5.41, 5.74) is 3.71. The molecule has 0 radical (unpaired) electrons. The number of halogens is 3. The Labute approximate surface area is 186 Å². The number of carbonyl (C=O) groups is 1. The lowest BCUT2D eigenvalue weighted by molar-refractivity contribution is 0.0690. The molecule has 0 spiro atoms. The van der Waals surface area contributed by atoms with Gasteiger partial charge in [-0.05, 0) is 72.9 Å². The number of allylic oxidation sites excluding steroid dienone is 2. The van der Waals surface area contributed by atoms with Gasteiger partial charge in [-0.3, -0.25) is 0 Å². The zero-order valence-electron chi connectivity index (χ0n) is 16.4. The van der Waals surface area contributed by atoms with E-state index in [1.807, 2.05) is 12.1 Å². The van der Waals surface area contributed by atoms with Crippen molar-refractivity contribution in [3.8, 4) is 5.75 Å². The summed E-state index contributed by atoms with van der Waals surface area (Å²) in [6.07, 6.45) is 2.46. The van der Waals surface area contributed by atoms with Crippen LogP contribution < -0.4 is 4.74 Å². The minimum Gasteiger partial charge on any atom is -0.488 e. The van der Waals surface area contributed by atoms with Gasteiger partial charge in [0, 0.05) is 21.7 Å². The number of pyridine rings is 1. The second-order valence-corrected chi connectivity index (χ2v) is 8.10. The van der Waals surface area contributed by atoms with E-state index in [1.54, 1.807) is 18.2 Å². The topological polar surface area (TPSA) is 59.4 Å². The molecule has 1 N–H and O–H groups in total. The summed E-state index contributed by atoms with van der Waals surface area (Å²) in [6.45, 7) is -0.0455. The lowest BCUT2D eigenvalue weighted by atomic mass is 9.99. The molecule has 1 aliphatic rings. The van der Waals surface area contributed by atoms with Gasteiger partial charge in [-0.15, -0.1) is 0 Å². The third-order valence-corrected chi connectivity index (χ3v) is 5.65. The number of rotatable bonds is 6. The highest BCUT2D eigenvalue weighted by Gasteiger charge is 2.22. The van der Waals surface area contributed by atoms with Crippen LogP contribution in [-0.4, -0.2) is 16.1 Å². The van der Waals surface area contributed by atoms with Gasteiger partial charge in [0.25, 0.3) is 0 Å². The molecule has 0 aliphatic heterocycles. The Morgan fingerprint density at radius 1 is 1.06 bits per heavy atom. The summed E-state index contributed by atoms with van der Waals surface area (Å²) in [6, 6.07) is 13.9. The molecule has 0 bridgehead atoms. The molecule has 7 heteroatoms. The number of nitrogens with zero attached hydrogens (tertiary/aromatic N) is 1. The highest BCUT2D eigenvalue weighted by molar-refractivity contribution is 9.10. The van der Waals surface area contributed by atoms with Crippen LogP contribution >= 0.6 is 15.9 Å². The minimum atomic E-state index is -1.07. The van der Waals surface area contributed by atoms with Gasteiger partial charge in [0.05, 0.1) is 5.69 Å². The van der Waals surface area contributed by atoms with Gasteiger partial charge in [0.2, 0.25) is 0 Å². The van der Waals surface area contributed by atoms with Crippen LogP contribution in [0, 0.1) is 11.6 Å². The average Bonchev–Trinajstić information content (AvgIpc) is 3.23. The van der Waals surface area contributed by atoms with Crippen molar-refractivity contribution >= 4 is 33.0 Å². The second kappa shape index (κ2) is 8.98. The van der Waals surface area contributed by atoms with Crippen molar-refractivity contribution in [3.05, 3.63) is 93.2 Å². The fourth-order valence-electron chi connectivity index (χ4n) is 3.70. The highest BCUT2D eigenvalue weighted by atomic mass is 79.9. The number of hydrogen-bond acceptors (Lipinski definition) is 3. The highest BCUT2D eigenvalue weighted by Crippen LogP contribution is 2.43. The molecule has 1 aromatic heterocycles. The number of benzene rings is 2. The predicted octanol–water partition coefficient (Wildman–Crippen LogP) is 6.49. The van der Waals surface area contributed by atoms with Crippen LogP contribution in [0.25, 0.3) is 11.1 Å². The number of carboxylic acid groups (broad SMARTS) is 1. The molecule has 3 aromatic rings. The molecule has 1 heterocycles. The average molecular weight is 486 g/mol. The third kappa shape index (κ3) is 4.66. The van der Waals surface area contributed by atoms with Crippen molar-refractivity contribution < 1.29 is 23.4 Å². The quantitative estimate of drug-likeness (QED) is 0.433. The van der Waals surface area contributed by atoms with E-state index in [2.05, 4.69) is 20.9 Å². The van der Waals surface area contributed by atoms with E-state index >= 15 is 0 Å². The van der Waals surface area contributed by atoms with E-state index in [9.17, 15) is 18.7 Å². The number of ether oxygens (including phenoxy) is 1. The van der Waals surface area contributed by atoms with Gasteiger partial charge in [0.1, 0.15) is 29.7 Å². The molecule has 2 aromatic carbocycles. The minimum absolute atomic E-state index is 0.00579. The first-order valence-corrected chi connectivity index (χ1v) is 10.5. The van der Waals surface area contributed by atoms with Gasteiger partial charge in [-0.2, -0.15) is 0 Å². The van der Waals surface area contributed by atoms with Gasteiger partial charge in [-0.25, -0.2) is 18.6 Å². The van der Waals surface area contributed by atoms with E-state index in [0.29, 0.717) is 11.4 Å². The Kier molecular flexibility index (Phi) is 6.13. The molecule has 0 fully saturated rings. The first-order chi connectivity index (χ1) is 14.9. The number of carboxylic acids is 1. The van der Waals surface area contributed by atoms with Crippen molar-refractivity contribution in [2.75, 3.05) is 0 Å². The van der Waals surface area contributed by atoms with Gasteiger partial charge < -0.3 is 9.84 Å². The lowest BCUT2D eigenvalue weighted by Crippen LogP contribution is -2.03. The fraction of sp³-hybridized carbons (Fsp3) is 0.167. The Balaban J connectivity index is 1.71. The Bertz CT molecular complexity index is 1190. The summed E-state index contributed by atoms with van der Waals surface area (Å²) < 4.78 is 34.0. The van der Waals surface area contributed by atoms with Gasteiger partial charge in [0.15, 0.2) is 0 Å². The molecule has 4 rings (SSSR count). The van der Waals surface area contributed by atoms with Crippen molar-refractivity contribution in [3.63, 3.8) is 0 Å². The molecule has 0 unspecified atom stereocenters. The zero-order valence-corrected chi connectivity index (χ0v) is 18.0. The van der Waals surface area contributed by atoms with E-state index in [1.165, 1.54) is 18.2 Å². The SMILES string of the molecule is O=C(O)c1cccc(C2=C(c3cc(Br)ccc3OCc3ccc(F)cc3F)CCC2)n1. The maximum atomic E-state index is 14.0. The van der Waals surface area contributed by atoms with E-state index < -0.39 is 17.6 Å². The number of aromatic nitrogens is 1. The van der Waals surface area contributed by atoms with Crippen LogP contribution in [0.5, 0.6) is 5.75 Å². The van der Waals surface area contributed by atoms with Crippen molar-refractivity contribution in [1.29, 1.82) is 0 Å². The van der Waals surface area contributed by atoms with Crippen LogP contribution in [0.2, 0.25) is 0 Å². The van der Waals surface area contributed by atoms with Gasteiger partial charge in [-0.1, -0.05) is 22.0 Å². The number of aromatic carboxylic acids is 1. The molecular formula is C24H18BrF2NO3. The molecule has 31 heavy (non-hydrogen) atoms. The van der Waals surface area contributed by atoms with Crippen LogP contribution in [0.1, 0.15) is 46.6 Å². The summed E-state index contributed by atoms with van der Waals surface area (Å²) in [7, 11) is 0. The molecule has 0 saturated carbocycles. The monoisotopic (exact) mass is 485 g/mol. The van der Waals surface area contributed by atoms with Crippen molar-refractivity contribution in [2.45, 2.75) is 25.9 Å². The molecule has 158 valence electrons. The van der Waals surface area contributed by atoms with E-state index in [0.717, 1.165) is 46.5 Å². The predicted molar refractivity (Wildman–Crippen MR) is 117 cm³/mol. The van der Waals surface area contributed by atoms with Crippen LogP contribution in [0.3, 0.4) is 0 Å². The largest absolute Gasteiger partial charge is 0.488 e. The molecule has 1 aliphatic carbocycles. The molecule has 0 atom stereocenters. The molecule has 4 nitrogen and oxygen atoms in total. The maximum absolute atomic E-state index is 14.0. The summed E-state index contributed by atoms with van der Waals surface area (Å²) in [4.78, 5) is 15.6. The van der Waals surface area contributed by atoms with Crippen LogP contribution in [0.15, 0.2) is 59.1 Å². The Morgan fingerprint density at radius 2 is 1.87 bits per heavy atom. The van der Waals surface area contributed by atoms with E-state index in [4.69, 9.17) is 4.74 Å². The normalized spacial score (nSPS) is 13.5. The maximum Gasteiger partial charge on any atom is 0.354 e. The van der Waals surface area contributed by atoms with Crippen molar-refractivity contribution in [1.82, 2.24) is 4.98 Å². The summed E-state index contributed by atoms with van der Waals surface area (Å²) in [5, 5.41) is 9.27. The smallest absolute Gasteiger partial charge is 0.354 e. The molecular weight excluding hydrogens is 468 g/mol. The fourth-order valence-corrected chi connectivity index (χ4v) is 4.06. The van der Waals surface area contributed by atoms with E-state index in [-0.39, 0.29) is 17.9 Å². The first-order valence-electron chi connectivity index (χ1n) is 9.72. The second-order valence-electron chi connectivity index (χ2n) is 7.19. The molecule has 0 amide bonds. The standard InChI is InChI=1S/C24H18BrF2NO3/c25-15-8-10-23(31-13-14-7-9-16(26)12-20(14)27)19(11-15)17-3-1-4-18(17)21-5-2-6-22(28-21)24(29)30/h2,5-12H,1,3-4,13H2,(H,29,30). The first kappa shape index (κ1) is 21.2. The van der Waals surface area contributed by atoms with Crippen LogP contribution in [-0.2, 0) is 6.61 Å². The summed E-state index contributed by atoms with van der Waals surface area (Å²) in [5.74, 6) is -1.80. The number of hydrogen-bond donors (Lipinski definition) is 1. The Hall–Kier alpha value is -3.06. The summed E-state index contributed by atoms with van der Waals surface area (Å²) >= 11 is 3.49. The lowest BCUT2D eigenvalue weighted by Gasteiger charge is -2.15. The third-order valence-electron chi connectivity index (χ3n) is 5.16. The van der Waals surface area contributed by atoms with Crippen LogP contribution in [0.4, 0.5) is 8.78 Å². The Morgan fingerprint density at radius 3 is 2.65 bits per heavy atom.